The van der Waals surface area contributed by atoms with Crippen molar-refractivity contribution in [3.05, 3.63) is 53.6 Å². The molecule has 0 aliphatic heterocycles. The fourth-order valence-electron chi connectivity index (χ4n) is 2.04. The van der Waals surface area contributed by atoms with Crippen LogP contribution in [0.3, 0.4) is 0 Å². The highest BCUT2D eigenvalue weighted by molar-refractivity contribution is 7.99. The van der Waals surface area contributed by atoms with E-state index in [-0.39, 0.29) is 0 Å². The predicted octanol–water partition coefficient (Wildman–Crippen LogP) is 2.15. The number of benzene rings is 2. The molecule has 0 bridgehead atoms. The van der Waals surface area contributed by atoms with Crippen LogP contribution in [0.1, 0.15) is 11.1 Å². The Morgan fingerprint density at radius 3 is 2.62 bits per heavy atom. The van der Waals surface area contributed by atoms with Gasteiger partial charge in [-0.25, -0.2) is 0 Å². The van der Waals surface area contributed by atoms with Crippen LogP contribution in [-0.4, -0.2) is 29.5 Å². The highest BCUT2D eigenvalue weighted by atomic mass is 32.2. The van der Waals surface area contributed by atoms with Gasteiger partial charge in [-0.2, -0.15) is 0 Å². The molecule has 2 N–H and O–H groups in total. The number of aryl methyl sites for hydroxylation is 2. The average molecular weight is 302 g/mol. The summed E-state index contributed by atoms with van der Waals surface area (Å²) in [5.74, 6) is 1.50. The van der Waals surface area contributed by atoms with E-state index in [1.165, 1.54) is 16.0 Å². The molecule has 0 fully saturated rings. The zero-order valence-corrected chi connectivity index (χ0v) is 13.1. The molecule has 2 rings (SSSR count). The summed E-state index contributed by atoms with van der Waals surface area (Å²) in [6.07, 6.45) is 0. The normalized spacial score (nSPS) is 10.5. The minimum atomic E-state index is -1.46. The Morgan fingerprint density at radius 2 is 1.90 bits per heavy atom. The van der Waals surface area contributed by atoms with Crippen molar-refractivity contribution in [2.45, 2.75) is 18.7 Å². The third-order valence-corrected chi connectivity index (χ3v) is 4.24. The van der Waals surface area contributed by atoms with E-state index in [1.807, 2.05) is 6.07 Å². The maximum atomic E-state index is 9.12. The lowest BCUT2D eigenvalue weighted by Gasteiger charge is -2.09. The fourth-order valence-corrected chi connectivity index (χ4v) is 2.87. The molecule has 0 saturated heterocycles. The van der Waals surface area contributed by atoms with Gasteiger partial charge in [-0.15, -0.1) is 11.8 Å². The molecule has 2 aromatic rings. The molecular formula is C16H19BO3S. The predicted molar refractivity (Wildman–Crippen MR) is 88.4 cm³/mol. The fraction of sp³-hybridized carbons (Fsp3) is 0.250. The van der Waals surface area contributed by atoms with Crippen LogP contribution in [0.25, 0.3) is 0 Å². The smallest absolute Gasteiger partial charge is 0.488 e. The minimum absolute atomic E-state index is 0.439. The Morgan fingerprint density at radius 1 is 1.10 bits per heavy atom. The number of hydrogen-bond donors (Lipinski definition) is 2. The lowest BCUT2D eigenvalue weighted by Crippen LogP contribution is -2.29. The third kappa shape index (κ3) is 4.81. The summed E-state index contributed by atoms with van der Waals surface area (Å²) < 4.78 is 5.64. The van der Waals surface area contributed by atoms with Crippen molar-refractivity contribution in [3.8, 4) is 5.75 Å². The van der Waals surface area contributed by atoms with Gasteiger partial charge < -0.3 is 14.8 Å². The Labute approximate surface area is 130 Å². The van der Waals surface area contributed by atoms with E-state index in [9.17, 15) is 0 Å². The highest BCUT2D eigenvalue weighted by Crippen LogP contribution is 2.23. The number of ether oxygens (including phenoxy) is 1. The van der Waals surface area contributed by atoms with Gasteiger partial charge in [0.2, 0.25) is 0 Å². The van der Waals surface area contributed by atoms with E-state index in [1.54, 1.807) is 30.0 Å². The zero-order valence-electron chi connectivity index (χ0n) is 12.2. The van der Waals surface area contributed by atoms with Gasteiger partial charge in [0.15, 0.2) is 0 Å². The molecular weight excluding hydrogens is 283 g/mol. The van der Waals surface area contributed by atoms with Crippen LogP contribution >= 0.6 is 11.8 Å². The van der Waals surface area contributed by atoms with Crippen LogP contribution < -0.4 is 10.2 Å². The van der Waals surface area contributed by atoms with Gasteiger partial charge in [0.25, 0.3) is 0 Å². The Kier molecular flexibility index (Phi) is 5.73. The molecule has 0 saturated carbocycles. The van der Waals surface area contributed by atoms with Crippen LogP contribution in [0, 0.1) is 13.8 Å². The second kappa shape index (κ2) is 7.55. The molecule has 0 aliphatic carbocycles. The van der Waals surface area contributed by atoms with Crippen molar-refractivity contribution in [2.24, 2.45) is 0 Å². The van der Waals surface area contributed by atoms with Gasteiger partial charge in [0.1, 0.15) is 5.75 Å². The van der Waals surface area contributed by atoms with E-state index in [0.29, 0.717) is 17.8 Å². The molecule has 0 aromatic heterocycles. The second-order valence-corrected chi connectivity index (χ2v) is 6.05. The molecule has 0 amide bonds. The Hall–Kier alpha value is -1.43. The number of thioether (sulfide) groups is 1. The number of hydrogen-bond acceptors (Lipinski definition) is 4. The second-order valence-electron chi connectivity index (χ2n) is 4.91. The summed E-state index contributed by atoms with van der Waals surface area (Å²) in [7, 11) is -1.46. The molecule has 2 aromatic carbocycles. The zero-order chi connectivity index (χ0) is 15.2. The van der Waals surface area contributed by atoms with Crippen LogP contribution in [0.5, 0.6) is 5.75 Å². The Bertz CT molecular complexity index is 602. The Balaban J connectivity index is 1.83. The van der Waals surface area contributed by atoms with Crippen molar-refractivity contribution in [3.63, 3.8) is 0 Å². The summed E-state index contributed by atoms with van der Waals surface area (Å²) in [6, 6.07) is 13.3. The molecule has 0 atom stereocenters. The van der Waals surface area contributed by atoms with E-state index in [0.717, 1.165) is 5.75 Å². The first-order valence-electron chi connectivity index (χ1n) is 6.85. The van der Waals surface area contributed by atoms with E-state index in [2.05, 4.69) is 32.0 Å². The maximum absolute atomic E-state index is 9.12. The van der Waals surface area contributed by atoms with Gasteiger partial charge in [-0.1, -0.05) is 29.8 Å². The van der Waals surface area contributed by atoms with Crippen LogP contribution in [0.4, 0.5) is 0 Å². The maximum Gasteiger partial charge on any atom is 0.488 e. The largest absolute Gasteiger partial charge is 0.493 e. The molecule has 0 unspecified atom stereocenters. The monoisotopic (exact) mass is 302 g/mol. The van der Waals surface area contributed by atoms with E-state index in [4.69, 9.17) is 14.8 Å². The van der Waals surface area contributed by atoms with Gasteiger partial charge in [0, 0.05) is 10.6 Å². The standard InChI is InChI=1S/C16H19BO3S/c1-12-6-7-16(13(2)10-12)21-9-8-20-15-5-3-4-14(11-15)17(18)19/h3-7,10-11,18-19H,8-9H2,1-2H3. The molecule has 0 radical (unpaired) electrons. The lowest BCUT2D eigenvalue weighted by atomic mass is 9.80. The van der Waals surface area contributed by atoms with Crippen molar-refractivity contribution in [2.75, 3.05) is 12.4 Å². The quantitative estimate of drug-likeness (QED) is 0.488. The molecule has 21 heavy (non-hydrogen) atoms. The summed E-state index contributed by atoms with van der Waals surface area (Å²) >= 11 is 1.76. The number of rotatable bonds is 6. The van der Waals surface area contributed by atoms with Crippen molar-refractivity contribution >= 4 is 24.3 Å². The first-order valence-corrected chi connectivity index (χ1v) is 7.84. The SMILES string of the molecule is Cc1ccc(SCCOc2cccc(B(O)O)c2)c(C)c1. The van der Waals surface area contributed by atoms with E-state index >= 15 is 0 Å². The molecule has 5 heteroatoms. The molecule has 0 heterocycles. The summed E-state index contributed by atoms with van der Waals surface area (Å²) in [4.78, 5) is 1.27. The van der Waals surface area contributed by atoms with Gasteiger partial charge >= 0.3 is 7.12 Å². The molecule has 0 spiro atoms. The topological polar surface area (TPSA) is 49.7 Å². The van der Waals surface area contributed by atoms with Gasteiger partial charge in [-0.05, 0) is 43.1 Å². The third-order valence-electron chi connectivity index (χ3n) is 3.10. The summed E-state index contributed by atoms with van der Waals surface area (Å²) in [5.41, 5.74) is 2.99. The van der Waals surface area contributed by atoms with Crippen LogP contribution in [0.15, 0.2) is 47.4 Å². The highest BCUT2D eigenvalue weighted by Gasteiger charge is 2.10. The van der Waals surface area contributed by atoms with Crippen LogP contribution in [0.2, 0.25) is 0 Å². The van der Waals surface area contributed by atoms with Gasteiger partial charge in [-0.3, -0.25) is 0 Å². The molecule has 3 nitrogen and oxygen atoms in total. The summed E-state index contributed by atoms with van der Waals surface area (Å²) in [6.45, 7) is 4.78. The molecule has 110 valence electrons. The van der Waals surface area contributed by atoms with Crippen LogP contribution in [-0.2, 0) is 0 Å². The lowest BCUT2D eigenvalue weighted by molar-refractivity contribution is 0.344. The van der Waals surface area contributed by atoms with E-state index < -0.39 is 7.12 Å². The minimum Gasteiger partial charge on any atom is -0.493 e. The molecule has 0 aliphatic rings. The first kappa shape index (κ1) is 16.0. The van der Waals surface area contributed by atoms with Gasteiger partial charge in [0.05, 0.1) is 6.61 Å². The average Bonchev–Trinajstić information content (AvgIpc) is 2.45. The van der Waals surface area contributed by atoms with Crippen molar-refractivity contribution in [1.82, 2.24) is 0 Å². The summed E-state index contributed by atoms with van der Waals surface area (Å²) in [5, 5.41) is 18.2. The van der Waals surface area contributed by atoms with Crippen molar-refractivity contribution in [1.29, 1.82) is 0 Å². The first-order chi connectivity index (χ1) is 10.1. The van der Waals surface area contributed by atoms with Crippen molar-refractivity contribution < 1.29 is 14.8 Å².